The lowest BCUT2D eigenvalue weighted by atomic mass is 10.1. The highest BCUT2D eigenvalue weighted by atomic mass is 16.5. The van der Waals surface area contributed by atoms with Gasteiger partial charge in [0, 0.05) is 51.0 Å². The standard InChI is InChI=1S/C24H30N4O3/c1-2-31-24(30)20-7-9-22(25-17-20)28-14-12-27(13-15-28)11-10-23(29)26-21-8-6-18-4-3-5-19(18)16-21/h6-9,16-17H,2-5,10-15H2,1H3,(H,26,29). The maximum Gasteiger partial charge on any atom is 0.339 e. The van der Waals surface area contributed by atoms with Crippen LogP contribution >= 0.6 is 0 Å². The third-order valence-corrected chi connectivity index (χ3v) is 5.99. The minimum atomic E-state index is -0.343. The highest BCUT2D eigenvalue weighted by Crippen LogP contribution is 2.25. The third-order valence-electron chi connectivity index (χ3n) is 5.99. The minimum Gasteiger partial charge on any atom is -0.462 e. The first-order valence-corrected chi connectivity index (χ1v) is 11.1. The molecule has 1 fully saturated rings. The normalized spacial score (nSPS) is 16.1. The zero-order valence-electron chi connectivity index (χ0n) is 18.1. The predicted octanol–water partition coefficient (Wildman–Crippen LogP) is 2.90. The van der Waals surface area contributed by atoms with Crippen LogP contribution in [0.4, 0.5) is 11.5 Å². The van der Waals surface area contributed by atoms with E-state index in [2.05, 4.69) is 32.2 Å². The van der Waals surface area contributed by atoms with Crippen molar-refractivity contribution in [3.63, 3.8) is 0 Å². The molecule has 1 aromatic carbocycles. The van der Waals surface area contributed by atoms with Gasteiger partial charge in [-0.1, -0.05) is 6.07 Å². The average Bonchev–Trinajstić information content (AvgIpc) is 3.26. The number of aromatic nitrogens is 1. The fourth-order valence-electron chi connectivity index (χ4n) is 4.24. The summed E-state index contributed by atoms with van der Waals surface area (Å²) >= 11 is 0. The van der Waals surface area contributed by atoms with Crippen LogP contribution in [0.25, 0.3) is 0 Å². The SMILES string of the molecule is CCOC(=O)c1ccc(N2CCN(CCC(=O)Nc3ccc4c(c3)CCC4)CC2)nc1. The molecule has 1 aliphatic carbocycles. The molecule has 7 nitrogen and oxygen atoms in total. The molecular weight excluding hydrogens is 392 g/mol. The van der Waals surface area contributed by atoms with Gasteiger partial charge in [0.25, 0.3) is 0 Å². The number of pyridine rings is 1. The van der Waals surface area contributed by atoms with E-state index in [0.717, 1.165) is 57.1 Å². The van der Waals surface area contributed by atoms with E-state index in [9.17, 15) is 9.59 Å². The quantitative estimate of drug-likeness (QED) is 0.692. The van der Waals surface area contributed by atoms with Crippen LogP contribution in [0.1, 0.15) is 41.3 Å². The number of esters is 1. The van der Waals surface area contributed by atoms with Crippen LogP contribution < -0.4 is 10.2 Å². The molecule has 1 N–H and O–H groups in total. The molecule has 0 atom stereocenters. The first kappa shape index (κ1) is 21.3. The molecular formula is C24H30N4O3. The summed E-state index contributed by atoms with van der Waals surface area (Å²) in [5.41, 5.74) is 4.17. The number of amides is 1. The number of fused-ring (bicyclic) bond motifs is 1. The minimum absolute atomic E-state index is 0.0663. The van der Waals surface area contributed by atoms with E-state index < -0.39 is 0 Å². The number of nitrogens with zero attached hydrogens (tertiary/aromatic N) is 3. The Morgan fingerprint density at radius 2 is 1.87 bits per heavy atom. The zero-order chi connectivity index (χ0) is 21.6. The monoisotopic (exact) mass is 422 g/mol. The second kappa shape index (κ2) is 9.92. The molecule has 4 rings (SSSR count). The number of ether oxygens (including phenoxy) is 1. The number of hydrogen-bond donors (Lipinski definition) is 1. The summed E-state index contributed by atoms with van der Waals surface area (Å²) in [5, 5.41) is 3.05. The molecule has 0 spiro atoms. The van der Waals surface area contributed by atoms with Gasteiger partial charge < -0.3 is 15.0 Å². The highest BCUT2D eigenvalue weighted by molar-refractivity contribution is 5.91. The summed E-state index contributed by atoms with van der Waals surface area (Å²) in [6, 6.07) is 9.91. The second-order valence-electron chi connectivity index (χ2n) is 8.09. The van der Waals surface area contributed by atoms with Crippen molar-refractivity contribution in [1.82, 2.24) is 9.88 Å². The topological polar surface area (TPSA) is 74.8 Å². The number of nitrogens with one attached hydrogen (secondary N) is 1. The maximum atomic E-state index is 12.4. The van der Waals surface area contributed by atoms with Gasteiger partial charge in [0.1, 0.15) is 5.82 Å². The molecule has 164 valence electrons. The molecule has 2 heterocycles. The van der Waals surface area contributed by atoms with E-state index in [0.29, 0.717) is 18.6 Å². The summed E-state index contributed by atoms with van der Waals surface area (Å²) in [4.78, 5) is 33.1. The van der Waals surface area contributed by atoms with Gasteiger partial charge in [-0.05, 0) is 61.6 Å². The Labute approximate surface area is 183 Å². The Hall–Kier alpha value is -2.93. The van der Waals surface area contributed by atoms with Gasteiger partial charge in [0.15, 0.2) is 0 Å². The molecule has 1 aromatic heterocycles. The fourth-order valence-corrected chi connectivity index (χ4v) is 4.24. The van der Waals surface area contributed by atoms with Crippen LogP contribution in [0.2, 0.25) is 0 Å². The first-order chi connectivity index (χ1) is 15.1. The third kappa shape index (κ3) is 5.41. The van der Waals surface area contributed by atoms with Crippen molar-refractivity contribution in [2.75, 3.05) is 49.5 Å². The Bertz CT molecular complexity index is 921. The molecule has 2 aliphatic rings. The number of anilines is 2. The summed E-state index contributed by atoms with van der Waals surface area (Å²) in [7, 11) is 0. The van der Waals surface area contributed by atoms with E-state index in [-0.39, 0.29) is 11.9 Å². The van der Waals surface area contributed by atoms with E-state index in [1.165, 1.54) is 17.5 Å². The molecule has 0 radical (unpaired) electrons. The lowest BCUT2D eigenvalue weighted by Gasteiger charge is -2.35. The van der Waals surface area contributed by atoms with Gasteiger partial charge in [0.2, 0.25) is 5.91 Å². The fraction of sp³-hybridized carbons (Fsp3) is 0.458. The molecule has 0 bridgehead atoms. The smallest absolute Gasteiger partial charge is 0.339 e. The van der Waals surface area contributed by atoms with Crippen molar-refractivity contribution in [3.8, 4) is 0 Å². The van der Waals surface area contributed by atoms with Crippen LogP contribution in [0, 0.1) is 0 Å². The van der Waals surface area contributed by atoms with Gasteiger partial charge in [-0.2, -0.15) is 0 Å². The highest BCUT2D eigenvalue weighted by Gasteiger charge is 2.19. The van der Waals surface area contributed by atoms with Crippen LogP contribution in [-0.2, 0) is 22.4 Å². The van der Waals surface area contributed by atoms with Crippen LogP contribution in [-0.4, -0.2) is 61.1 Å². The van der Waals surface area contributed by atoms with Crippen molar-refractivity contribution in [2.24, 2.45) is 0 Å². The molecule has 0 saturated carbocycles. The molecule has 0 unspecified atom stereocenters. The van der Waals surface area contributed by atoms with E-state index in [1.54, 1.807) is 19.2 Å². The van der Waals surface area contributed by atoms with E-state index in [4.69, 9.17) is 4.74 Å². The van der Waals surface area contributed by atoms with Gasteiger partial charge >= 0.3 is 5.97 Å². The van der Waals surface area contributed by atoms with E-state index >= 15 is 0 Å². The molecule has 1 amide bonds. The first-order valence-electron chi connectivity index (χ1n) is 11.1. The summed E-state index contributed by atoms with van der Waals surface area (Å²) in [5.74, 6) is 0.586. The van der Waals surface area contributed by atoms with Crippen LogP contribution in [0.5, 0.6) is 0 Å². The molecule has 31 heavy (non-hydrogen) atoms. The Kier molecular flexibility index (Phi) is 6.82. The molecule has 1 saturated heterocycles. The number of rotatable bonds is 7. The predicted molar refractivity (Wildman–Crippen MR) is 121 cm³/mol. The maximum absolute atomic E-state index is 12.4. The Balaban J connectivity index is 1.20. The van der Waals surface area contributed by atoms with Crippen molar-refractivity contribution < 1.29 is 14.3 Å². The largest absolute Gasteiger partial charge is 0.462 e. The number of piperazine rings is 1. The molecule has 2 aromatic rings. The van der Waals surface area contributed by atoms with Gasteiger partial charge in [-0.3, -0.25) is 9.69 Å². The van der Waals surface area contributed by atoms with E-state index in [1.807, 2.05) is 12.1 Å². The summed E-state index contributed by atoms with van der Waals surface area (Å²) in [6.45, 7) is 6.35. The van der Waals surface area contributed by atoms with Gasteiger partial charge in [-0.15, -0.1) is 0 Å². The number of carbonyl (C=O) groups excluding carboxylic acids is 2. The Morgan fingerprint density at radius 1 is 1.06 bits per heavy atom. The summed E-state index contributed by atoms with van der Waals surface area (Å²) in [6.07, 6.45) is 5.54. The second-order valence-corrected chi connectivity index (χ2v) is 8.09. The number of hydrogen-bond acceptors (Lipinski definition) is 6. The molecule has 7 heteroatoms. The number of aryl methyl sites for hydroxylation is 2. The van der Waals surface area contributed by atoms with Gasteiger partial charge in [-0.25, -0.2) is 9.78 Å². The Morgan fingerprint density at radius 3 is 2.61 bits per heavy atom. The molecule has 1 aliphatic heterocycles. The van der Waals surface area contributed by atoms with Crippen molar-refractivity contribution in [3.05, 3.63) is 53.2 Å². The van der Waals surface area contributed by atoms with Crippen LogP contribution in [0.3, 0.4) is 0 Å². The lowest BCUT2D eigenvalue weighted by Crippen LogP contribution is -2.47. The van der Waals surface area contributed by atoms with Crippen molar-refractivity contribution in [1.29, 1.82) is 0 Å². The van der Waals surface area contributed by atoms with Crippen molar-refractivity contribution >= 4 is 23.4 Å². The lowest BCUT2D eigenvalue weighted by molar-refractivity contribution is -0.116. The number of benzene rings is 1. The van der Waals surface area contributed by atoms with Crippen LogP contribution in [0.15, 0.2) is 36.5 Å². The number of carbonyl (C=O) groups is 2. The average molecular weight is 423 g/mol. The van der Waals surface area contributed by atoms with Gasteiger partial charge in [0.05, 0.1) is 12.2 Å². The van der Waals surface area contributed by atoms with Crippen molar-refractivity contribution in [2.45, 2.75) is 32.6 Å². The zero-order valence-corrected chi connectivity index (χ0v) is 18.1. The summed E-state index contributed by atoms with van der Waals surface area (Å²) < 4.78 is 5.00.